The van der Waals surface area contributed by atoms with E-state index in [0.717, 1.165) is 31.9 Å². The number of rotatable bonds is 6. The van der Waals surface area contributed by atoms with Gasteiger partial charge in [0.2, 0.25) is 0 Å². The fraction of sp³-hybridized carbons (Fsp3) is 0.647. The average molecular weight is 276 g/mol. The summed E-state index contributed by atoms with van der Waals surface area (Å²) in [5.74, 6) is 1.52. The van der Waals surface area contributed by atoms with Gasteiger partial charge >= 0.3 is 0 Å². The standard InChI is InChI=1S/C17H28N2O/c1-3-5-10-19-12-15(11-16(18)13-19)14-6-8-17(9-7-14)20-4-2/h6-9,15-16H,3-5,10-13,18H2,1-2H3. The third-order valence-corrected chi connectivity index (χ3v) is 4.05. The van der Waals surface area contributed by atoms with Crippen LogP contribution < -0.4 is 10.5 Å². The molecule has 2 unspecified atom stereocenters. The van der Waals surface area contributed by atoms with Crippen LogP contribution in [0.25, 0.3) is 0 Å². The first kappa shape index (κ1) is 15.3. The summed E-state index contributed by atoms with van der Waals surface area (Å²) >= 11 is 0. The lowest BCUT2D eigenvalue weighted by molar-refractivity contribution is 0.186. The summed E-state index contributed by atoms with van der Waals surface area (Å²) in [6.45, 7) is 8.35. The van der Waals surface area contributed by atoms with E-state index >= 15 is 0 Å². The molecule has 0 spiro atoms. The van der Waals surface area contributed by atoms with Crippen LogP contribution in [-0.2, 0) is 0 Å². The molecule has 0 aliphatic carbocycles. The van der Waals surface area contributed by atoms with Gasteiger partial charge in [0.15, 0.2) is 0 Å². The van der Waals surface area contributed by atoms with Gasteiger partial charge in [0.25, 0.3) is 0 Å². The summed E-state index contributed by atoms with van der Waals surface area (Å²) in [6, 6.07) is 8.86. The van der Waals surface area contributed by atoms with Crippen molar-refractivity contribution in [3.8, 4) is 5.75 Å². The Bertz CT molecular complexity index is 390. The van der Waals surface area contributed by atoms with Crippen LogP contribution in [-0.4, -0.2) is 37.2 Å². The Morgan fingerprint density at radius 2 is 1.95 bits per heavy atom. The van der Waals surface area contributed by atoms with Crippen LogP contribution in [0, 0.1) is 0 Å². The van der Waals surface area contributed by atoms with Gasteiger partial charge in [0.05, 0.1) is 6.61 Å². The molecule has 2 N–H and O–H groups in total. The van der Waals surface area contributed by atoms with Gasteiger partial charge in [-0.25, -0.2) is 0 Å². The Balaban J connectivity index is 1.99. The molecule has 0 radical (unpaired) electrons. The third-order valence-electron chi connectivity index (χ3n) is 4.05. The van der Waals surface area contributed by atoms with Crippen molar-refractivity contribution in [2.24, 2.45) is 5.73 Å². The first-order chi connectivity index (χ1) is 9.72. The molecule has 1 aromatic rings. The van der Waals surface area contributed by atoms with Crippen LogP contribution in [0.2, 0.25) is 0 Å². The van der Waals surface area contributed by atoms with Gasteiger partial charge in [0.1, 0.15) is 5.75 Å². The zero-order valence-electron chi connectivity index (χ0n) is 12.8. The number of unbranched alkanes of at least 4 members (excludes halogenated alkanes) is 1. The molecule has 0 aromatic heterocycles. The van der Waals surface area contributed by atoms with E-state index in [9.17, 15) is 0 Å². The van der Waals surface area contributed by atoms with Gasteiger partial charge < -0.3 is 15.4 Å². The molecular formula is C17H28N2O. The number of nitrogens with two attached hydrogens (primary N) is 1. The topological polar surface area (TPSA) is 38.5 Å². The minimum atomic E-state index is 0.303. The van der Waals surface area contributed by atoms with Crippen LogP contribution in [0.15, 0.2) is 24.3 Å². The van der Waals surface area contributed by atoms with Gasteiger partial charge in [-0.3, -0.25) is 0 Å². The molecule has 0 bridgehead atoms. The van der Waals surface area contributed by atoms with Gasteiger partial charge in [-0.05, 0) is 49.9 Å². The van der Waals surface area contributed by atoms with Crippen molar-refractivity contribution in [2.75, 3.05) is 26.2 Å². The maximum Gasteiger partial charge on any atom is 0.119 e. The van der Waals surface area contributed by atoms with Gasteiger partial charge in [-0.15, -0.1) is 0 Å². The second-order valence-corrected chi connectivity index (χ2v) is 5.81. The molecule has 0 saturated carbocycles. The van der Waals surface area contributed by atoms with Crippen molar-refractivity contribution in [2.45, 2.75) is 45.1 Å². The second kappa shape index (κ2) is 7.65. The lowest BCUT2D eigenvalue weighted by Gasteiger charge is -2.36. The van der Waals surface area contributed by atoms with Crippen LogP contribution in [0.5, 0.6) is 5.75 Å². The molecule has 3 heteroatoms. The number of benzene rings is 1. The Hall–Kier alpha value is -1.06. The number of nitrogens with zero attached hydrogens (tertiary/aromatic N) is 1. The molecule has 1 aliphatic rings. The quantitative estimate of drug-likeness (QED) is 0.868. The monoisotopic (exact) mass is 276 g/mol. The molecule has 2 rings (SSSR count). The zero-order valence-corrected chi connectivity index (χ0v) is 12.8. The van der Waals surface area contributed by atoms with Gasteiger partial charge in [0, 0.05) is 19.1 Å². The Labute approximate surface area is 123 Å². The van der Waals surface area contributed by atoms with E-state index in [-0.39, 0.29) is 0 Å². The smallest absolute Gasteiger partial charge is 0.119 e. The first-order valence-corrected chi connectivity index (χ1v) is 7.93. The number of hydrogen-bond donors (Lipinski definition) is 1. The van der Waals surface area contributed by atoms with Gasteiger partial charge in [-0.1, -0.05) is 25.5 Å². The summed E-state index contributed by atoms with van der Waals surface area (Å²) in [7, 11) is 0. The fourth-order valence-corrected chi connectivity index (χ4v) is 3.04. The van der Waals surface area contributed by atoms with E-state index in [1.165, 1.54) is 24.9 Å². The lowest BCUT2D eigenvalue weighted by Crippen LogP contribution is -2.46. The molecule has 1 saturated heterocycles. The number of likely N-dealkylation sites (tertiary alicyclic amines) is 1. The minimum absolute atomic E-state index is 0.303. The molecule has 20 heavy (non-hydrogen) atoms. The third kappa shape index (κ3) is 4.22. The molecule has 1 aromatic carbocycles. The normalized spacial score (nSPS) is 23.8. The average Bonchev–Trinajstić information content (AvgIpc) is 2.46. The largest absolute Gasteiger partial charge is 0.494 e. The Morgan fingerprint density at radius 1 is 1.20 bits per heavy atom. The van der Waals surface area contributed by atoms with E-state index in [2.05, 4.69) is 36.1 Å². The zero-order chi connectivity index (χ0) is 14.4. The lowest BCUT2D eigenvalue weighted by atomic mass is 9.88. The van der Waals surface area contributed by atoms with Crippen molar-refractivity contribution in [1.29, 1.82) is 0 Å². The molecule has 1 fully saturated rings. The summed E-state index contributed by atoms with van der Waals surface area (Å²) in [5.41, 5.74) is 7.63. The molecule has 2 atom stereocenters. The van der Waals surface area contributed by atoms with Crippen LogP contribution in [0.3, 0.4) is 0 Å². The highest BCUT2D eigenvalue weighted by molar-refractivity contribution is 5.30. The molecule has 0 amide bonds. The maximum atomic E-state index is 6.24. The SMILES string of the molecule is CCCCN1CC(N)CC(c2ccc(OCC)cc2)C1. The van der Waals surface area contributed by atoms with Crippen molar-refractivity contribution >= 4 is 0 Å². The minimum Gasteiger partial charge on any atom is -0.494 e. The van der Waals surface area contributed by atoms with E-state index in [1.54, 1.807) is 0 Å². The van der Waals surface area contributed by atoms with Crippen molar-refractivity contribution in [3.05, 3.63) is 29.8 Å². The van der Waals surface area contributed by atoms with Crippen LogP contribution in [0.1, 0.15) is 44.6 Å². The first-order valence-electron chi connectivity index (χ1n) is 7.93. The van der Waals surface area contributed by atoms with E-state index in [1.807, 2.05) is 6.92 Å². The molecule has 1 heterocycles. The number of piperidine rings is 1. The highest BCUT2D eigenvalue weighted by Crippen LogP contribution is 2.28. The predicted octanol–water partition coefficient (Wildman–Crippen LogP) is 3.00. The van der Waals surface area contributed by atoms with E-state index < -0.39 is 0 Å². The maximum absolute atomic E-state index is 6.24. The summed E-state index contributed by atoms with van der Waals surface area (Å²) < 4.78 is 5.51. The van der Waals surface area contributed by atoms with Crippen LogP contribution in [0.4, 0.5) is 0 Å². The second-order valence-electron chi connectivity index (χ2n) is 5.81. The molecule has 3 nitrogen and oxygen atoms in total. The Morgan fingerprint density at radius 3 is 2.60 bits per heavy atom. The fourth-order valence-electron chi connectivity index (χ4n) is 3.04. The highest BCUT2D eigenvalue weighted by atomic mass is 16.5. The summed E-state index contributed by atoms with van der Waals surface area (Å²) in [6.07, 6.45) is 3.61. The van der Waals surface area contributed by atoms with Crippen molar-refractivity contribution in [3.63, 3.8) is 0 Å². The van der Waals surface area contributed by atoms with E-state index in [0.29, 0.717) is 12.0 Å². The van der Waals surface area contributed by atoms with E-state index in [4.69, 9.17) is 10.5 Å². The summed E-state index contributed by atoms with van der Waals surface area (Å²) in [5, 5.41) is 0. The molecule has 112 valence electrons. The number of ether oxygens (including phenoxy) is 1. The molecule has 1 aliphatic heterocycles. The van der Waals surface area contributed by atoms with Crippen molar-refractivity contribution in [1.82, 2.24) is 4.90 Å². The summed E-state index contributed by atoms with van der Waals surface area (Å²) in [4.78, 5) is 2.53. The Kier molecular flexibility index (Phi) is 5.86. The van der Waals surface area contributed by atoms with Crippen molar-refractivity contribution < 1.29 is 4.74 Å². The predicted molar refractivity (Wildman–Crippen MR) is 84.3 cm³/mol. The molecular weight excluding hydrogens is 248 g/mol. The number of hydrogen-bond acceptors (Lipinski definition) is 3. The highest BCUT2D eigenvalue weighted by Gasteiger charge is 2.25. The van der Waals surface area contributed by atoms with Gasteiger partial charge in [-0.2, -0.15) is 0 Å². The van der Waals surface area contributed by atoms with Crippen LogP contribution >= 0.6 is 0 Å².